The zero-order valence-electron chi connectivity index (χ0n) is 9.88. The summed E-state index contributed by atoms with van der Waals surface area (Å²) in [6, 6.07) is 12.2. The molecule has 90 valence electrons. The fourth-order valence-corrected chi connectivity index (χ4v) is 2.41. The maximum atomic E-state index is 6.16. The average Bonchev–Trinajstić information content (AvgIpc) is 2.82. The summed E-state index contributed by atoms with van der Waals surface area (Å²) < 4.78 is 2.23. The molecular weight excluding hydrogens is 244 g/mol. The van der Waals surface area contributed by atoms with E-state index in [0.29, 0.717) is 0 Å². The molecule has 0 aliphatic carbocycles. The second kappa shape index (κ2) is 4.83. The van der Waals surface area contributed by atoms with Crippen LogP contribution in [0.5, 0.6) is 0 Å². The van der Waals surface area contributed by atoms with Crippen LogP contribution in [0.4, 0.5) is 0 Å². The van der Waals surface area contributed by atoms with Crippen molar-refractivity contribution in [3.63, 3.8) is 0 Å². The van der Waals surface area contributed by atoms with Crippen LogP contribution in [0.15, 0.2) is 55.0 Å². The maximum absolute atomic E-state index is 6.16. The summed E-state index contributed by atoms with van der Waals surface area (Å²) in [5.41, 5.74) is 2.44. The van der Waals surface area contributed by atoms with E-state index < -0.39 is 0 Å². The quantitative estimate of drug-likeness (QED) is 0.694. The Labute approximate surface area is 111 Å². The number of aromatic nitrogens is 2. The number of nitrogens with zero attached hydrogens (tertiary/aromatic N) is 2. The molecule has 0 saturated heterocycles. The first-order valence-electron chi connectivity index (χ1n) is 5.97. The van der Waals surface area contributed by atoms with Gasteiger partial charge in [0, 0.05) is 41.1 Å². The largest absolute Gasteiger partial charge is 0.347 e. The van der Waals surface area contributed by atoms with E-state index >= 15 is 0 Å². The van der Waals surface area contributed by atoms with Crippen LogP contribution in [-0.4, -0.2) is 9.55 Å². The van der Waals surface area contributed by atoms with Gasteiger partial charge in [0.05, 0.1) is 0 Å². The first-order chi connectivity index (χ1) is 8.84. The van der Waals surface area contributed by atoms with Crippen molar-refractivity contribution in [2.45, 2.75) is 13.0 Å². The number of rotatable bonds is 3. The molecule has 0 spiro atoms. The van der Waals surface area contributed by atoms with Gasteiger partial charge in [0.1, 0.15) is 0 Å². The van der Waals surface area contributed by atoms with E-state index in [-0.39, 0.29) is 0 Å². The molecule has 3 aromatic rings. The summed E-state index contributed by atoms with van der Waals surface area (Å²) in [4.78, 5) is 4.13. The number of fused-ring (bicyclic) bond motifs is 1. The van der Waals surface area contributed by atoms with Gasteiger partial charge in [-0.15, -0.1) is 0 Å². The summed E-state index contributed by atoms with van der Waals surface area (Å²) in [6.07, 6.45) is 6.78. The number of hydrogen-bond donors (Lipinski definition) is 0. The lowest BCUT2D eigenvalue weighted by atomic mass is 10.2. The second-order valence-corrected chi connectivity index (χ2v) is 4.70. The Morgan fingerprint density at radius 3 is 2.89 bits per heavy atom. The number of pyridine rings is 1. The highest BCUT2D eigenvalue weighted by molar-refractivity contribution is 6.35. The zero-order valence-corrected chi connectivity index (χ0v) is 10.6. The SMILES string of the molecule is Clc1cccc2c1ccn2CCc1cccnc1. The molecular formula is C15H13ClN2. The Balaban J connectivity index is 1.85. The Morgan fingerprint density at radius 1 is 1.11 bits per heavy atom. The van der Waals surface area contributed by atoms with Crippen molar-refractivity contribution in [2.75, 3.05) is 0 Å². The minimum absolute atomic E-state index is 0.813. The number of benzene rings is 1. The third-order valence-electron chi connectivity index (χ3n) is 3.12. The molecule has 0 aliphatic heterocycles. The molecule has 3 rings (SSSR count). The van der Waals surface area contributed by atoms with Gasteiger partial charge >= 0.3 is 0 Å². The molecule has 0 N–H and O–H groups in total. The summed E-state index contributed by atoms with van der Waals surface area (Å²) in [5, 5.41) is 1.93. The highest BCUT2D eigenvalue weighted by Gasteiger charge is 2.03. The van der Waals surface area contributed by atoms with Crippen LogP contribution in [0.3, 0.4) is 0 Å². The second-order valence-electron chi connectivity index (χ2n) is 4.29. The van der Waals surface area contributed by atoms with Crippen LogP contribution in [0.25, 0.3) is 10.9 Å². The monoisotopic (exact) mass is 256 g/mol. The van der Waals surface area contributed by atoms with Gasteiger partial charge in [0.25, 0.3) is 0 Å². The van der Waals surface area contributed by atoms with Gasteiger partial charge in [0.15, 0.2) is 0 Å². The van der Waals surface area contributed by atoms with Crippen molar-refractivity contribution in [3.05, 3.63) is 65.6 Å². The summed E-state index contributed by atoms with van der Waals surface area (Å²) in [6.45, 7) is 0.940. The highest BCUT2D eigenvalue weighted by Crippen LogP contribution is 2.24. The lowest BCUT2D eigenvalue weighted by Gasteiger charge is -2.05. The van der Waals surface area contributed by atoms with E-state index in [0.717, 1.165) is 23.4 Å². The highest BCUT2D eigenvalue weighted by atomic mass is 35.5. The molecule has 0 unspecified atom stereocenters. The van der Waals surface area contributed by atoms with Crippen LogP contribution >= 0.6 is 11.6 Å². The van der Waals surface area contributed by atoms with Crippen LogP contribution in [0.2, 0.25) is 5.02 Å². The van der Waals surface area contributed by atoms with Crippen molar-refractivity contribution in [2.24, 2.45) is 0 Å². The van der Waals surface area contributed by atoms with Crippen molar-refractivity contribution < 1.29 is 0 Å². The van der Waals surface area contributed by atoms with Gasteiger partial charge in [-0.3, -0.25) is 4.98 Å². The predicted octanol–water partition coefficient (Wildman–Crippen LogP) is 3.93. The third kappa shape index (κ3) is 2.12. The number of halogens is 1. The Morgan fingerprint density at radius 2 is 2.06 bits per heavy atom. The molecule has 1 aromatic carbocycles. The standard InChI is InChI=1S/C15H13ClN2/c16-14-4-1-5-15-13(14)7-10-18(15)9-6-12-3-2-8-17-11-12/h1-5,7-8,10-11H,6,9H2. The fraction of sp³-hybridized carbons (Fsp3) is 0.133. The van der Waals surface area contributed by atoms with Crippen LogP contribution in [0.1, 0.15) is 5.56 Å². The van der Waals surface area contributed by atoms with Gasteiger partial charge in [-0.05, 0) is 36.2 Å². The predicted molar refractivity (Wildman–Crippen MR) is 74.9 cm³/mol. The molecule has 2 aromatic heterocycles. The first kappa shape index (κ1) is 11.3. The average molecular weight is 257 g/mol. The fourth-order valence-electron chi connectivity index (χ4n) is 2.18. The smallest absolute Gasteiger partial charge is 0.0499 e. The molecule has 2 nitrogen and oxygen atoms in total. The Hall–Kier alpha value is -1.80. The van der Waals surface area contributed by atoms with Crippen LogP contribution < -0.4 is 0 Å². The summed E-state index contributed by atoms with van der Waals surface area (Å²) in [5.74, 6) is 0. The molecule has 0 aliphatic rings. The minimum Gasteiger partial charge on any atom is -0.347 e. The summed E-state index contributed by atoms with van der Waals surface area (Å²) >= 11 is 6.16. The Bertz CT molecular complexity index is 659. The first-order valence-corrected chi connectivity index (χ1v) is 6.34. The summed E-state index contributed by atoms with van der Waals surface area (Å²) in [7, 11) is 0. The maximum Gasteiger partial charge on any atom is 0.0499 e. The van der Waals surface area contributed by atoms with E-state index in [2.05, 4.69) is 33.9 Å². The van der Waals surface area contributed by atoms with Gasteiger partial charge in [-0.25, -0.2) is 0 Å². The molecule has 0 amide bonds. The number of aryl methyl sites for hydroxylation is 2. The molecule has 0 bridgehead atoms. The van der Waals surface area contributed by atoms with Crippen molar-refractivity contribution in [3.8, 4) is 0 Å². The molecule has 0 saturated carbocycles. The van der Waals surface area contributed by atoms with Gasteiger partial charge in [-0.1, -0.05) is 23.7 Å². The minimum atomic E-state index is 0.813. The third-order valence-corrected chi connectivity index (χ3v) is 3.45. The van der Waals surface area contributed by atoms with E-state index in [1.54, 1.807) is 6.20 Å². The lowest BCUT2D eigenvalue weighted by Crippen LogP contribution is -1.99. The van der Waals surface area contributed by atoms with E-state index in [1.807, 2.05) is 24.4 Å². The van der Waals surface area contributed by atoms with Crippen molar-refractivity contribution in [1.82, 2.24) is 9.55 Å². The van der Waals surface area contributed by atoms with Crippen LogP contribution in [0, 0.1) is 0 Å². The van der Waals surface area contributed by atoms with Gasteiger partial charge in [-0.2, -0.15) is 0 Å². The molecule has 0 fully saturated rings. The number of hydrogen-bond acceptors (Lipinski definition) is 1. The molecule has 0 atom stereocenters. The topological polar surface area (TPSA) is 17.8 Å². The Kier molecular flexibility index (Phi) is 3.03. The molecule has 18 heavy (non-hydrogen) atoms. The van der Waals surface area contributed by atoms with Gasteiger partial charge < -0.3 is 4.57 Å². The van der Waals surface area contributed by atoms with Crippen molar-refractivity contribution in [1.29, 1.82) is 0 Å². The zero-order chi connectivity index (χ0) is 12.4. The van der Waals surface area contributed by atoms with Crippen LogP contribution in [-0.2, 0) is 13.0 Å². The lowest BCUT2D eigenvalue weighted by molar-refractivity contribution is 0.721. The van der Waals surface area contributed by atoms with Gasteiger partial charge in [0.2, 0.25) is 0 Å². The van der Waals surface area contributed by atoms with E-state index in [9.17, 15) is 0 Å². The normalized spacial score (nSPS) is 10.9. The molecule has 3 heteroatoms. The molecule has 2 heterocycles. The molecule has 0 radical (unpaired) electrons. The van der Waals surface area contributed by atoms with Crippen molar-refractivity contribution >= 4 is 22.5 Å². The van der Waals surface area contributed by atoms with E-state index in [1.165, 1.54) is 11.1 Å². The van der Waals surface area contributed by atoms with E-state index in [4.69, 9.17) is 11.6 Å².